The molecule has 0 aliphatic rings. The molecule has 0 aliphatic heterocycles. The largest absolute Gasteiger partial charge is 0.494 e. The molecule has 0 radical (unpaired) electrons. The standard InChI is InChI=1S/C15H22ClNO2/c1-3-5-12-19-14-8-6-13(7-9-14)15(18)17(4-2)11-10-16/h6-9H,3-5,10-12H2,1-2H3. The number of carbonyl (C=O) groups excluding carboxylic acids is 1. The first-order valence-corrected chi connectivity index (χ1v) is 7.34. The average Bonchev–Trinajstić information content (AvgIpc) is 2.45. The minimum atomic E-state index is 0.0169. The smallest absolute Gasteiger partial charge is 0.253 e. The van der Waals surface area contributed by atoms with Crippen LogP contribution in [0.3, 0.4) is 0 Å². The van der Waals surface area contributed by atoms with E-state index in [-0.39, 0.29) is 5.91 Å². The minimum absolute atomic E-state index is 0.0169. The number of hydrogen-bond donors (Lipinski definition) is 0. The molecular weight excluding hydrogens is 262 g/mol. The molecule has 4 heteroatoms. The second kappa shape index (κ2) is 8.81. The van der Waals surface area contributed by atoms with Crippen molar-refractivity contribution < 1.29 is 9.53 Å². The molecule has 3 nitrogen and oxygen atoms in total. The highest BCUT2D eigenvalue weighted by molar-refractivity contribution is 6.18. The van der Waals surface area contributed by atoms with Crippen molar-refractivity contribution in [2.45, 2.75) is 26.7 Å². The Kier molecular flexibility index (Phi) is 7.34. The third-order valence-electron chi connectivity index (χ3n) is 2.89. The Morgan fingerprint density at radius 1 is 1.26 bits per heavy atom. The summed E-state index contributed by atoms with van der Waals surface area (Å²) in [4.78, 5) is 13.9. The number of unbranched alkanes of at least 4 members (excludes halogenated alkanes) is 1. The molecule has 0 saturated carbocycles. The molecule has 1 amide bonds. The lowest BCUT2D eigenvalue weighted by atomic mass is 10.2. The molecule has 1 aromatic rings. The fraction of sp³-hybridized carbons (Fsp3) is 0.533. The second-order valence-corrected chi connectivity index (χ2v) is 4.68. The van der Waals surface area contributed by atoms with Crippen LogP contribution in [0.15, 0.2) is 24.3 Å². The molecule has 0 bridgehead atoms. The maximum Gasteiger partial charge on any atom is 0.253 e. The zero-order valence-corrected chi connectivity index (χ0v) is 12.4. The van der Waals surface area contributed by atoms with Crippen LogP contribution in [-0.2, 0) is 0 Å². The van der Waals surface area contributed by atoms with Crippen LogP contribution in [0.5, 0.6) is 5.75 Å². The van der Waals surface area contributed by atoms with E-state index in [1.54, 1.807) is 17.0 Å². The first-order valence-electron chi connectivity index (χ1n) is 6.81. The van der Waals surface area contributed by atoms with Crippen molar-refractivity contribution in [3.63, 3.8) is 0 Å². The molecule has 0 saturated heterocycles. The van der Waals surface area contributed by atoms with Crippen molar-refractivity contribution in [2.24, 2.45) is 0 Å². The number of rotatable bonds is 8. The summed E-state index contributed by atoms with van der Waals surface area (Å²) in [5, 5.41) is 0. The van der Waals surface area contributed by atoms with Gasteiger partial charge in [-0.05, 0) is 37.6 Å². The lowest BCUT2D eigenvalue weighted by Crippen LogP contribution is -2.32. The molecule has 0 fully saturated rings. The molecule has 0 unspecified atom stereocenters. The molecule has 19 heavy (non-hydrogen) atoms. The van der Waals surface area contributed by atoms with Crippen molar-refractivity contribution in [3.05, 3.63) is 29.8 Å². The predicted molar refractivity (Wildman–Crippen MR) is 79.1 cm³/mol. The Labute approximate surface area is 120 Å². The average molecular weight is 284 g/mol. The van der Waals surface area contributed by atoms with E-state index in [0.29, 0.717) is 24.5 Å². The molecule has 0 heterocycles. The number of hydrogen-bond acceptors (Lipinski definition) is 2. The number of ether oxygens (including phenoxy) is 1. The van der Waals surface area contributed by atoms with Gasteiger partial charge in [-0.2, -0.15) is 0 Å². The normalized spacial score (nSPS) is 10.3. The van der Waals surface area contributed by atoms with Crippen LogP contribution < -0.4 is 4.74 Å². The lowest BCUT2D eigenvalue weighted by molar-refractivity contribution is 0.0774. The molecule has 0 atom stereocenters. The lowest BCUT2D eigenvalue weighted by Gasteiger charge is -2.19. The predicted octanol–water partition coefficient (Wildman–Crippen LogP) is 3.57. The molecule has 0 N–H and O–H groups in total. The minimum Gasteiger partial charge on any atom is -0.494 e. The van der Waals surface area contributed by atoms with E-state index in [1.165, 1.54) is 0 Å². The summed E-state index contributed by atoms with van der Waals surface area (Å²) in [6.07, 6.45) is 2.15. The summed E-state index contributed by atoms with van der Waals surface area (Å²) in [5.41, 5.74) is 0.676. The van der Waals surface area contributed by atoms with Crippen LogP contribution in [0.25, 0.3) is 0 Å². The number of carbonyl (C=O) groups is 1. The molecule has 1 aromatic carbocycles. The number of alkyl halides is 1. The van der Waals surface area contributed by atoms with Crippen molar-refractivity contribution in [1.82, 2.24) is 4.90 Å². The Morgan fingerprint density at radius 2 is 1.95 bits per heavy atom. The maximum atomic E-state index is 12.2. The Bertz CT molecular complexity index is 378. The number of benzene rings is 1. The molecule has 106 valence electrons. The topological polar surface area (TPSA) is 29.5 Å². The molecule has 0 spiro atoms. The number of amides is 1. The van der Waals surface area contributed by atoms with Crippen LogP contribution in [0, 0.1) is 0 Å². The highest BCUT2D eigenvalue weighted by Gasteiger charge is 2.13. The van der Waals surface area contributed by atoms with Gasteiger partial charge in [0.25, 0.3) is 5.91 Å². The van der Waals surface area contributed by atoms with E-state index < -0.39 is 0 Å². The van der Waals surface area contributed by atoms with Crippen molar-refractivity contribution in [3.8, 4) is 5.75 Å². The van der Waals surface area contributed by atoms with Gasteiger partial charge in [-0.25, -0.2) is 0 Å². The van der Waals surface area contributed by atoms with E-state index >= 15 is 0 Å². The molecular formula is C15H22ClNO2. The summed E-state index contributed by atoms with van der Waals surface area (Å²) in [6.45, 7) is 6.04. The molecule has 0 aliphatic carbocycles. The van der Waals surface area contributed by atoms with E-state index in [0.717, 1.165) is 25.2 Å². The summed E-state index contributed by atoms with van der Waals surface area (Å²) < 4.78 is 5.57. The van der Waals surface area contributed by atoms with Gasteiger partial charge in [0, 0.05) is 24.5 Å². The van der Waals surface area contributed by atoms with Gasteiger partial charge in [0.05, 0.1) is 6.61 Å². The van der Waals surface area contributed by atoms with Gasteiger partial charge >= 0.3 is 0 Å². The SMILES string of the molecule is CCCCOc1ccc(C(=O)N(CC)CCCl)cc1. The Hall–Kier alpha value is -1.22. The van der Waals surface area contributed by atoms with Crippen LogP contribution in [-0.4, -0.2) is 36.4 Å². The van der Waals surface area contributed by atoms with E-state index in [4.69, 9.17) is 16.3 Å². The Balaban J connectivity index is 2.61. The zero-order chi connectivity index (χ0) is 14.1. The van der Waals surface area contributed by atoms with Gasteiger partial charge < -0.3 is 9.64 Å². The van der Waals surface area contributed by atoms with Gasteiger partial charge in [-0.15, -0.1) is 11.6 Å². The van der Waals surface area contributed by atoms with Gasteiger partial charge in [0.2, 0.25) is 0 Å². The zero-order valence-electron chi connectivity index (χ0n) is 11.7. The van der Waals surface area contributed by atoms with Crippen molar-refractivity contribution >= 4 is 17.5 Å². The van der Waals surface area contributed by atoms with Crippen LogP contribution in [0.1, 0.15) is 37.0 Å². The van der Waals surface area contributed by atoms with E-state index in [2.05, 4.69) is 6.92 Å². The fourth-order valence-corrected chi connectivity index (χ4v) is 1.92. The first kappa shape index (κ1) is 15.8. The summed E-state index contributed by atoms with van der Waals surface area (Å²) in [7, 11) is 0. The van der Waals surface area contributed by atoms with E-state index in [1.807, 2.05) is 19.1 Å². The highest BCUT2D eigenvalue weighted by atomic mass is 35.5. The third kappa shape index (κ3) is 5.11. The fourth-order valence-electron chi connectivity index (χ4n) is 1.72. The van der Waals surface area contributed by atoms with E-state index in [9.17, 15) is 4.79 Å². The monoisotopic (exact) mass is 283 g/mol. The van der Waals surface area contributed by atoms with Gasteiger partial charge in [0.15, 0.2) is 0 Å². The molecule has 1 rings (SSSR count). The van der Waals surface area contributed by atoms with Crippen LogP contribution in [0.4, 0.5) is 0 Å². The summed E-state index contributed by atoms with van der Waals surface area (Å²) in [5.74, 6) is 1.28. The number of nitrogens with zero attached hydrogens (tertiary/aromatic N) is 1. The first-order chi connectivity index (χ1) is 9.22. The van der Waals surface area contributed by atoms with Gasteiger partial charge in [0.1, 0.15) is 5.75 Å². The Morgan fingerprint density at radius 3 is 2.47 bits per heavy atom. The second-order valence-electron chi connectivity index (χ2n) is 4.30. The van der Waals surface area contributed by atoms with Crippen LogP contribution in [0.2, 0.25) is 0 Å². The number of halogens is 1. The van der Waals surface area contributed by atoms with Crippen molar-refractivity contribution in [1.29, 1.82) is 0 Å². The molecule has 0 aromatic heterocycles. The van der Waals surface area contributed by atoms with Crippen molar-refractivity contribution in [2.75, 3.05) is 25.6 Å². The summed E-state index contributed by atoms with van der Waals surface area (Å²) >= 11 is 5.69. The maximum absolute atomic E-state index is 12.2. The van der Waals surface area contributed by atoms with Gasteiger partial charge in [-0.3, -0.25) is 4.79 Å². The van der Waals surface area contributed by atoms with Crippen LogP contribution >= 0.6 is 11.6 Å². The third-order valence-corrected chi connectivity index (χ3v) is 3.06. The van der Waals surface area contributed by atoms with Gasteiger partial charge in [-0.1, -0.05) is 13.3 Å². The summed E-state index contributed by atoms with van der Waals surface area (Å²) in [6, 6.07) is 7.30. The highest BCUT2D eigenvalue weighted by Crippen LogP contribution is 2.14. The quantitative estimate of drug-likeness (QED) is 0.539.